The van der Waals surface area contributed by atoms with E-state index in [0.717, 1.165) is 0 Å². The van der Waals surface area contributed by atoms with Crippen molar-refractivity contribution in [3.8, 4) is 0 Å². The molecular weight excluding hydrogens is 220 g/mol. The summed E-state index contributed by atoms with van der Waals surface area (Å²) in [5.74, 6) is 0. The maximum absolute atomic E-state index is 2.36. The zero-order chi connectivity index (χ0) is 12.1. The molecule has 0 bridgehead atoms. The fourth-order valence-electron chi connectivity index (χ4n) is 2.53. The van der Waals surface area contributed by atoms with E-state index in [1.54, 1.807) is 5.19 Å². The summed E-state index contributed by atoms with van der Waals surface area (Å²) in [5.41, 5.74) is 0. The van der Waals surface area contributed by atoms with Crippen molar-refractivity contribution in [3.05, 3.63) is 42.5 Å². The van der Waals surface area contributed by atoms with Gasteiger partial charge in [-0.25, -0.2) is 0 Å². The normalized spacial score (nSPS) is 11.2. The molecule has 0 atom stereocenters. The highest BCUT2D eigenvalue weighted by Crippen LogP contribution is 2.15. The van der Waals surface area contributed by atoms with Crippen molar-refractivity contribution in [2.24, 2.45) is 0 Å². The van der Waals surface area contributed by atoms with E-state index in [4.69, 9.17) is 0 Å². The Morgan fingerprint density at radius 1 is 0.824 bits per heavy atom. The number of fused-ring (bicyclic) bond motifs is 1. The fraction of sp³-hybridized carbons (Fsp3) is 0.375. The smallest absolute Gasteiger partial charge is 0.0656 e. The van der Waals surface area contributed by atoms with Crippen molar-refractivity contribution in [2.75, 3.05) is 0 Å². The van der Waals surface area contributed by atoms with Crippen LogP contribution in [0.1, 0.15) is 26.7 Å². The van der Waals surface area contributed by atoms with E-state index in [9.17, 15) is 0 Å². The first-order valence-corrected chi connectivity index (χ1v) is 8.61. The van der Waals surface area contributed by atoms with Crippen LogP contribution in [0.5, 0.6) is 0 Å². The molecule has 0 saturated heterocycles. The first-order chi connectivity index (χ1) is 8.36. The molecule has 0 aliphatic carbocycles. The predicted octanol–water partition coefficient (Wildman–Crippen LogP) is 4.36. The highest BCUT2D eigenvalue weighted by molar-refractivity contribution is 6.75. The van der Waals surface area contributed by atoms with Crippen LogP contribution in [0.4, 0.5) is 0 Å². The van der Waals surface area contributed by atoms with Crippen LogP contribution in [0.2, 0.25) is 12.1 Å². The molecule has 0 N–H and O–H groups in total. The summed E-state index contributed by atoms with van der Waals surface area (Å²) in [6, 6.07) is 18.5. The Morgan fingerprint density at radius 2 is 1.47 bits per heavy atom. The number of benzene rings is 2. The highest BCUT2D eigenvalue weighted by atomic mass is 28.3. The van der Waals surface area contributed by atoms with Gasteiger partial charge in [0.05, 0.1) is 8.80 Å². The van der Waals surface area contributed by atoms with Crippen LogP contribution in [0.3, 0.4) is 0 Å². The largest absolute Gasteiger partial charge is 0.0864 e. The quantitative estimate of drug-likeness (QED) is 0.682. The second-order valence-corrected chi connectivity index (χ2v) is 7.38. The molecule has 0 fully saturated rings. The molecule has 0 spiro atoms. The van der Waals surface area contributed by atoms with Gasteiger partial charge in [-0.15, -0.1) is 0 Å². The SMILES string of the molecule is CCC[Si](CCC)c1cccc2ccccc12. The van der Waals surface area contributed by atoms with Crippen molar-refractivity contribution in [1.29, 1.82) is 0 Å². The molecule has 0 nitrogen and oxygen atoms in total. The van der Waals surface area contributed by atoms with Gasteiger partial charge in [-0.1, -0.05) is 86.4 Å². The average molecular weight is 241 g/mol. The van der Waals surface area contributed by atoms with Gasteiger partial charge >= 0.3 is 0 Å². The van der Waals surface area contributed by atoms with Gasteiger partial charge < -0.3 is 0 Å². The minimum Gasteiger partial charge on any atom is -0.0656 e. The van der Waals surface area contributed by atoms with E-state index in [2.05, 4.69) is 56.3 Å². The van der Waals surface area contributed by atoms with Crippen molar-refractivity contribution in [2.45, 2.75) is 38.8 Å². The monoisotopic (exact) mass is 241 g/mol. The third-order valence-corrected chi connectivity index (χ3v) is 6.68. The Bertz CT molecular complexity index is 464. The van der Waals surface area contributed by atoms with Crippen molar-refractivity contribution < 1.29 is 0 Å². The lowest BCUT2D eigenvalue weighted by molar-refractivity contribution is 1.01. The molecule has 0 saturated carbocycles. The summed E-state index contributed by atoms with van der Waals surface area (Å²) in [6.45, 7) is 4.62. The van der Waals surface area contributed by atoms with Gasteiger partial charge in [-0.05, 0) is 10.8 Å². The lowest BCUT2D eigenvalue weighted by Crippen LogP contribution is -2.29. The lowest BCUT2D eigenvalue weighted by Gasteiger charge is -2.16. The molecule has 0 unspecified atom stereocenters. The molecule has 0 aliphatic rings. The van der Waals surface area contributed by atoms with E-state index < -0.39 is 0 Å². The second kappa shape index (κ2) is 6.01. The molecule has 2 rings (SSSR count). The summed E-state index contributed by atoms with van der Waals surface area (Å²) < 4.78 is 0. The van der Waals surface area contributed by atoms with Crippen LogP contribution in [-0.2, 0) is 0 Å². The maximum Gasteiger partial charge on any atom is 0.0864 e. The topological polar surface area (TPSA) is 0 Å². The van der Waals surface area contributed by atoms with Crippen LogP contribution in [0.15, 0.2) is 42.5 Å². The average Bonchev–Trinajstić information content (AvgIpc) is 2.38. The Morgan fingerprint density at radius 3 is 2.18 bits per heavy atom. The number of rotatable bonds is 5. The Labute approximate surface area is 106 Å². The Balaban J connectivity index is 2.44. The molecule has 0 amide bonds. The van der Waals surface area contributed by atoms with E-state index >= 15 is 0 Å². The van der Waals surface area contributed by atoms with Gasteiger partial charge in [0.2, 0.25) is 0 Å². The zero-order valence-corrected chi connectivity index (χ0v) is 11.9. The molecule has 1 radical (unpaired) electrons. The molecule has 2 aromatic carbocycles. The maximum atomic E-state index is 2.36. The summed E-state index contributed by atoms with van der Waals surface area (Å²) in [7, 11) is -0.349. The minimum atomic E-state index is -0.349. The standard InChI is InChI=1S/C16H21Si/c1-3-12-17(13-4-2)16-11-7-9-14-8-5-6-10-15(14)16/h5-11H,3-4,12-13H2,1-2H3. The lowest BCUT2D eigenvalue weighted by atomic mass is 10.1. The molecule has 0 aromatic heterocycles. The first kappa shape index (κ1) is 12.4. The first-order valence-electron chi connectivity index (χ1n) is 6.69. The third kappa shape index (κ3) is 2.78. The molecule has 0 heterocycles. The van der Waals surface area contributed by atoms with Crippen LogP contribution in [0, 0.1) is 0 Å². The molecule has 0 aliphatic heterocycles. The van der Waals surface area contributed by atoms with E-state index in [1.807, 2.05) is 0 Å². The predicted molar refractivity (Wildman–Crippen MR) is 79.5 cm³/mol. The minimum absolute atomic E-state index is 0.349. The third-order valence-electron chi connectivity index (χ3n) is 3.27. The fourth-order valence-corrected chi connectivity index (χ4v) is 5.47. The molecule has 17 heavy (non-hydrogen) atoms. The van der Waals surface area contributed by atoms with E-state index in [0.29, 0.717) is 0 Å². The van der Waals surface area contributed by atoms with Gasteiger partial charge in [-0.3, -0.25) is 0 Å². The van der Waals surface area contributed by atoms with Crippen molar-refractivity contribution in [1.82, 2.24) is 0 Å². The highest BCUT2D eigenvalue weighted by Gasteiger charge is 2.14. The van der Waals surface area contributed by atoms with Gasteiger partial charge in [0, 0.05) is 0 Å². The Kier molecular flexibility index (Phi) is 4.38. The van der Waals surface area contributed by atoms with Crippen LogP contribution in [-0.4, -0.2) is 8.80 Å². The molecule has 1 heteroatoms. The molecule has 89 valence electrons. The van der Waals surface area contributed by atoms with Crippen LogP contribution >= 0.6 is 0 Å². The van der Waals surface area contributed by atoms with Crippen LogP contribution < -0.4 is 5.19 Å². The molecular formula is C16H21Si. The van der Waals surface area contributed by atoms with Crippen molar-refractivity contribution in [3.63, 3.8) is 0 Å². The zero-order valence-electron chi connectivity index (χ0n) is 10.9. The summed E-state index contributed by atoms with van der Waals surface area (Å²) in [6.07, 6.45) is 2.63. The van der Waals surface area contributed by atoms with Gasteiger partial charge in [-0.2, -0.15) is 0 Å². The molecule has 2 aromatic rings. The van der Waals surface area contributed by atoms with Gasteiger partial charge in [0.25, 0.3) is 0 Å². The Hall–Kier alpha value is -1.08. The van der Waals surface area contributed by atoms with Gasteiger partial charge in [0.15, 0.2) is 0 Å². The second-order valence-electron chi connectivity index (χ2n) is 4.63. The summed E-state index contributed by atoms with van der Waals surface area (Å²) in [5, 5.41) is 4.54. The van der Waals surface area contributed by atoms with E-state index in [1.165, 1.54) is 35.7 Å². The van der Waals surface area contributed by atoms with Gasteiger partial charge in [0.1, 0.15) is 0 Å². The number of hydrogen-bond donors (Lipinski definition) is 0. The number of hydrogen-bond acceptors (Lipinski definition) is 0. The van der Waals surface area contributed by atoms with Crippen molar-refractivity contribution >= 4 is 24.8 Å². The summed E-state index contributed by atoms with van der Waals surface area (Å²) in [4.78, 5) is 0. The summed E-state index contributed by atoms with van der Waals surface area (Å²) >= 11 is 0. The van der Waals surface area contributed by atoms with Crippen LogP contribution in [0.25, 0.3) is 10.8 Å². The van der Waals surface area contributed by atoms with E-state index in [-0.39, 0.29) is 8.80 Å².